The number of halogens is 1. The van der Waals surface area contributed by atoms with Crippen LogP contribution in [0, 0.1) is 23.7 Å². The summed E-state index contributed by atoms with van der Waals surface area (Å²) in [6.45, 7) is -0.813. The normalized spacial score (nSPS) is 29.2. The van der Waals surface area contributed by atoms with E-state index in [1.165, 1.54) is 0 Å². The van der Waals surface area contributed by atoms with E-state index < -0.39 is 19.1 Å². The lowest BCUT2D eigenvalue weighted by molar-refractivity contribution is -0.152. The number of nitrogens with zero attached hydrogens (tertiary/aromatic N) is 1. The predicted octanol–water partition coefficient (Wildman–Crippen LogP) is 2.21. The Morgan fingerprint density at radius 3 is 2.19 bits per heavy atom. The molecule has 2 amide bonds. The molecule has 26 heavy (non-hydrogen) atoms. The predicted molar refractivity (Wildman–Crippen MR) is 94.0 cm³/mol. The number of rotatable bonds is 5. The average Bonchev–Trinajstić information content (AvgIpc) is 3.30. The molecule has 0 N–H and O–H groups in total. The lowest BCUT2D eigenvalue weighted by Gasteiger charge is -2.19. The van der Waals surface area contributed by atoms with Gasteiger partial charge in [0.2, 0.25) is 11.8 Å². The number of carbonyl (C=O) groups is 4. The lowest BCUT2D eigenvalue weighted by Crippen LogP contribution is -2.38. The number of ether oxygens (including phenoxy) is 1. The van der Waals surface area contributed by atoms with Crippen molar-refractivity contribution >= 4 is 39.5 Å². The molecule has 1 heterocycles. The minimum absolute atomic E-state index is 0.247. The van der Waals surface area contributed by atoms with E-state index in [1.807, 2.05) is 0 Å². The highest BCUT2D eigenvalue weighted by Gasteiger charge is 2.61. The zero-order valence-electron chi connectivity index (χ0n) is 14.0. The molecule has 2 aliphatic carbocycles. The SMILES string of the molecule is O=C(CN1C(=O)[C@H]2[C@H]3CC[C@@H](C3)[C@@H]2C1=O)OCC(=O)c1ccc(Br)cc1. The summed E-state index contributed by atoms with van der Waals surface area (Å²) in [6, 6.07) is 6.71. The number of fused-ring (bicyclic) bond motifs is 5. The van der Waals surface area contributed by atoms with Crippen LogP contribution in [-0.2, 0) is 19.1 Å². The number of Topliss-reactive ketones (excluding diaryl/α,β-unsaturated/α-hetero) is 1. The van der Waals surface area contributed by atoms with Gasteiger partial charge in [-0.1, -0.05) is 28.1 Å². The molecule has 1 aromatic rings. The maximum atomic E-state index is 12.5. The van der Waals surface area contributed by atoms with Gasteiger partial charge < -0.3 is 4.74 Å². The first-order valence-corrected chi connectivity index (χ1v) is 9.54. The topological polar surface area (TPSA) is 80.8 Å². The third kappa shape index (κ3) is 2.88. The van der Waals surface area contributed by atoms with Crippen molar-refractivity contribution in [2.45, 2.75) is 19.3 Å². The van der Waals surface area contributed by atoms with Crippen LogP contribution in [0.5, 0.6) is 0 Å². The largest absolute Gasteiger partial charge is 0.456 e. The van der Waals surface area contributed by atoms with Crippen molar-refractivity contribution in [2.24, 2.45) is 23.7 Å². The van der Waals surface area contributed by atoms with Gasteiger partial charge >= 0.3 is 5.97 Å². The van der Waals surface area contributed by atoms with E-state index in [0.29, 0.717) is 5.56 Å². The zero-order chi connectivity index (χ0) is 18.4. The highest BCUT2D eigenvalue weighted by Crippen LogP contribution is 2.56. The molecule has 0 spiro atoms. The molecule has 0 radical (unpaired) electrons. The lowest BCUT2D eigenvalue weighted by atomic mass is 9.81. The number of hydrogen-bond acceptors (Lipinski definition) is 5. The first-order valence-electron chi connectivity index (χ1n) is 8.75. The highest BCUT2D eigenvalue weighted by atomic mass is 79.9. The van der Waals surface area contributed by atoms with Crippen LogP contribution in [0.1, 0.15) is 29.6 Å². The van der Waals surface area contributed by atoms with Crippen molar-refractivity contribution < 1.29 is 23.9 Å². The van der Waals surface area contributed by atoms with Gasteiger partial charge in [0.15, 0.2) is 12.4 Å². The van der Waals surface area contributed by atoms with Gasteiger partial charge in [-0.15, -0.1) is 0 Å². The Labute approximate surface area is 159 Å². The van der Waals surface area contributed by atoms with Crippen LogP contribution in [-0.4, -0.2) is 41.6 Å². The van der Waals surface area contributed by atoms with Gasteiger partial charge in [-0.2, -0.15) is 0 Å². The van der Waals surface area contributed by atoms with Crippen LogP contribution in [0.2, 0.25) is 0 Å². The molecule has 136 valence electrons. The van der Waals surface area contributed by atoms with Gasteiger partial charge in [-0.05, 0) is 43.2 Å². The van der Waals surface area contributed by atoms with E-state index >= 15 is 0 Å². The summed E-state index contributed by atoms with van der Waals surface area (Å²) >= 11 is 3.28. The summed E-state index contributed by atoms with van der Waals surface area (Å²) in [6.07, 6.45) is 2.93. The van der Waals surface area contributed by atoms with Crippen LogP contribution in [0.4, 0.5) is 0 Å². The first-order chi connectivity index (χ1) is 12.5. The molecule has 2 bridgehead atoms. The minimum Gasteiger partial charge on any atom is -0.456 e. The average molecular weight is 420 g/mol. The fourth-order valence-electron chi connectivity index (χ4n) is 4.67. The van der Waals surface area contributed by atoms with E-state index in [9.17, 15) is 19.2 Å². The number of imide groups is 1. The third-order valence-corrected chi connectivity index (χ3v) is 6.37. The molecule has 1 aliphatic heterocycles. The fraction of sp³-hybridized carbons (Fsp3) is 0.474. The van der Waals surface area contributed by atoms with Gasteiger partial charge in [0.25, 0.3) is 0 Å². The summed E-state index contributed by atoms with van der Waals surface area (Å²) in [5, 5.41) is 0. The highest BCUT2D eigenvalue weighted by molar-refractivity contribution is 9.10. The van der Waals surface area contributed by atoms with Crippen LogP contribution in [0.25, 0.3) is 0 Å². The second-order valence-corrected chi connectivity index (χ2v) is 8.15. The number of hydrogen-bond donors (Lipinski definition) is 0. The Morgan fingerprint density at radius 1 is 1.04 bits per heavy atom. The van der Waals surface area contributed by atoms with Crippen molar-refractivity contribution in [1.82, 2.24) is 4.90 Å². The van der Waals surface area contributed by atoms with E-state index in [-0.39, 0.29) is 41.3 Å². The van der Waals surface area contributed by atoms with E-state index in [0.717, 1.165) is 28.6 Å². The van der Waals surface area contributed by atoms with Crippen molar-refractivity contribution in [2.75, 3.05) is 13.2 Å². The standard InChI is InChI=1S/C19H18BrNO5/c20-13-5-3-10(4-6-13)14(22)9-26-15(23)8-21-18(24)16-11-1-2-12(7-11)17(16)19(21)25/h3-6,11-12,16-17H,1-2,7-9H2/t11-,12-,16-,17-/m0/s1. The van der Waals surface area contributed by atoms with Gasteiger partial charge in [0.1, 0.15) is 6.54 Å². The second kappa shape index (κ2) is 6.61. The first kappa shape index (κ1) is 17.4. The van der Waals surface area contributed by atoms with Gasteiger partial charge in [-0.25, -0.2) is 0 Å². The molecular weight excluding hydrogens is 402 g/mol. The Morgan fingerprint density at radius 2 is 1.62 bits per heavy atom. The van der Waals surface area contributed by atoms with Crippen LogP contribution < -0.4 is 0 Å². The van der Waals surface area contributed by atoms with Gasteiger partial charge in [-0.3, -0.25) is 24.1 Å². The maximum Gasteiger partial charge on any atom is 0.326 e. The molecular formula is C19H18BrNO5. The van der Waals surface area contributed by atoms with Crippen LogP contribution in [0.15, 0.2) is 28.7 Å². The molecule has 3 aliphatic rings. The molecule has 4 rings (SSSR count). The van der Waals surface area contributed by atoms with Gasteiger partial charge in [0, 0.05) is 10.0 Å². The van der Waals surface area contributed by atoms with E-state index in [1.54, 1.807) is 24.3 Å². The molecule has 7 heteroatoms. The van der Waals surface area contributed by atoms with Crippen LogP contribution in [0.3, 0.4) is 0 Å². The molecule has 1 aromatic carbocycles. The summed E-state index contributed by atoms with van der Waals surface area (Å²) in [5.41, 5.74) is 0.431. The van der Waals surface area contributed by atoms with Crippen molar-refractivity contribution in [3.8, 4) is 0 Å². The van der Waals surface area contributed by atoms with Crippen molar-refractivity contribution in [1.29, 1.82) is 0 Å². The second-order valence-electron chi connectivity index (χ2n) is 7.24. The number of likely N-dealkylation sites (tertiary alicyclic amines) is 1. The number of amides is 2. The third-order valence-electron chi connectivity index (χ3n) is 5.84. The van der Waals surface area contributed by atoms with Crippen LogP contribution >= 0.6 is 15.9 Å². The summed E-state index contributed by atoms with van der Waals surface area (Å²) in [4.78, 5) is 50.2. The molecule has 1 saturated heterocycles. The quantitative estimate of drug-likeness (QED) is 0.415. The van der Waals surface area contributed by atoms with Gasteiger partial charge in [0.05, 0.1) is 11.8 Å². The van der Waals surface area contributed by atoms with Crippen molar-refractivity contribution in [3.05, 3.63) is 34.3 Å². The molecule has 6 nitrogen and oxygen atoms in total. The number of carbonyl (C=O) groups excluding carboxylic acids is 4. The fourth-order valence-corrected chi connectivity index (χ4v) is 4.93. The summed E-state index contributed by atoms with van der Waals surface area (Å²) in [5.74, 6) is -1.50. The Balaban J connectivity index is 1.34. The monoisotopic (exact) mass is 419 g/mol. The van der Waals surface area contributed by atoms with E-state index in [4.69, 9.17) is 4.74 Å². The number of esters is 1. The zero-order valence-corrected chi connectivity index (χ0v) is 15.6. The molecule has 0 aromatic heterocycles. The Kier molecular flexibility index (Phi) is 4.42. The van der Waals surface area contributed by atoms with Crippen molar-refractivity contribution in [3.63, 3.8) is 0 Å². The Hall–Kier alpha value is -2.02. The number of ketones is 1. The van der Waals surface area contributed by atoms with E-state index in [2.05, 4.69) is 15.9 Å². The summed E-state index contributed by atoms with van der Waals surface area (Å²) < 4.78 is 5.84. The number of benzene rings is 1. The Bertz CT molecular complexity index is 762. The molecule has 2 saturated carbocycles. The maximum absolute atomic E-state index is 12.5. The molecule has 4 atom stereocenters. The minimum atomic E-state index is -0.732. The summed E-state index contributed by atoms with van der Waals surface area (Å²) in [7, 11) is 0. The molecule has 0 unspecified atom stereocenters. The molecule has 3 fully saturated rings. The smallest absolute Gasteiger partial charge is 0.326 e.